The number of carbonyl (C=O) groups is 1. The standard InChI is InChI=1S/C28H39N5O3/c1-27(2,3)19-33-23-12-11-22(29-24(23)30(7)25(33)34)21-10-8-9-20(17-21)18-31-13-15-32(16-14-31)26(35)36-28(4,5)6/h8-12,17H,13-16,18-19H2,1-7H3. The second kappa shape index (κ2) is 9.73. The first-order chi connectivity index (χ1) is 16.8. The molecule has 1 aromatic carbocycles. The Morgan fingerprint density at radius 2 is 1.69 bits per heavy atom. The van der Waals surface area contributed by atoms with Gasteiger partial charge >= 0.3 is 11.8 Å². The van der Waals surface area contributed by atoms with Gasteiger partial charge in [-0.2, -0.15) is 0 Å². The molecule has 1 aliphatic heterocycles. The second-order valence-electron chi connectivity index (χ2n) is 12.0. The Morgan fingerprint density at radius 1 is 1.00 bits per heavy atom. The van der Waals surface area contributed by atoms with E-state index in [0.29, 0.717) is 25.3 Å². The van der Waals surface area contributed by atoms with Crippen LogP contribution in [0.4, 0.5) is 4.79 Å². The van der Waals surface area contributed by atoms with Gasteiger partial charge in [-0.05, 0) is 49.9 Å². The average Bonchev–Trinajstić information content (AvgIpc) is 3.02. The predicted molar refractivity (Wildman–Crippen MR) is 143 cm³/mol. The van der Waals surface area contributed by atoms with Crippen LogP contribution in [0, 0.1) is 5.41 Å². The summed E-state index contributed by atoms with van der Waals surface area (Å²) in [5.41, 5.74) is 4.10. The van der Waals surface area contributed by atoms with Gasteiger partial charge in [0.25, 0.3) is 0 Å². The molecule has 3 heterocycles. The van der Waals surface area contributed by atoms with Crippen molar-refractivity contribution in [1.82, 2.24) is 23.9 Å². The highest BCUT2D eigenvalue weighted by Gasteiger charge is 2.26. The number of fused-ring (bicyclic) bond motifs is 1. The topological polar surface area (TPSA) is 72.6 Å². The van der Waals surface area contributed by atoms with Crippen molar-refractivity contribution >= 4 is 17.3 Å². The highest BCUT2D eigenvalue weighted by molar-refractivity contribution is 5.76. The number of aryl methyl sites for hydroxylation is 1. The molecular formula is C28H39N5O3. The molecule has 0 radical (unpaired) electrons. The number of imidazole rings is 1. The summed E-state index contributed by atoms with van der Waals surface area (Å²) in [7, 11) is 1.79. The number of amides is 1. The summed E-state index contributed by atoms with van der Waals surface area (Å²) < 4.78 is 8.96. The van der Waals surface area contributed by atoms with Crippen LogP contribution in [-0.2, 0) is 24.9 Å². The number of nitrogens with zero attached hydrogens (tertiary/aromatic N) is 5. The van der Waals surface area contributed by atoms with Gasteiger partial charge in [0, 0.05) is 51.9 Å². The zero-order chi connectivity index (χ0) is 26.3. The van der Waals surface area contributed by atoms with Crippen molar-refractivity contribution in [2.24, 2.45) is 12.5 Å². The van der Waals surface area contributed by atoms with Gasteiger partial charge in [-0.3, -0.25) is 14.0 Å². The van der Waals surface area contributed by atoms with Crippen molar-refractivity contribution in [3.8, 4) is 11.3 Å². The third-order valence-electron chi connectivity index (χ3n) is 6.27. The van der Waals surface area contributed by atoms with E-state index in [2.05, 4.69) is 49.9 Å². The lowest BCUT2D eigenvalue weighted by Crippen LogP contribution is -2.49. The van der Waals surface area contributed by atoms with E-state index >= 15 is 0 Å². The van der Waals surface area contributed by atoms with E-state index in [9.17, 15) is 9.59 Å². The van der Waals surface area contributed by atoms with Crippen LogP contribution in [0.2, 0.25) is 0 Å². The van der Waals surface area contributed by atoms with Gasteiger partial charge in [0.15, 0.2) is 5.65 Å². The van der Waals surface area contributed by atoms with E-state index in [1.54, 1.807) is 16.5 Å². The maximum Gasteiger partial charge on any atom is 0.410 e. The minimum atomic E-state index is -0.479. The lowest BCUT2D eigenvalue weighted by Gasteiger charge is -2.35. The van der Waals surface area contributed by atoms with E-state index in [1.165, 1.54) is 5.56 Å². The van der Waals surface area contributed by atoms with Gasteiger partial charge in [0.2, 0.25) is 0 Å². The Balaban J connectivity index is 1.48. The number of benzene rings is 1. The molecule has 194 valence electrons. The molecule has 1 saturated heterocycles. The first-order valence-electron chi connectivity index (χ1n) is 12.7. The number of rotatable bonds is 4. The molecule has 8 nitrogen and oxygen atoms in total. The van der Waals surface area contributed by atoms with Crippen LogP contribution in [0.5, 0.6) is 0 Å². The molecule has 0 spiro atoms. The lowest BCUT2D eigenvalue weighted by molar-refractivity contribution is 0.0139. The van der Waals surface area contributed by atoms with E-state index < -0.39 is 5.60 Å². The first-order valence-corrected chi connectivity index (χ1v) is 12.7. The molecule has 0 atom stereocenters. The summed E-state index contributed by atoms with van der Waals surface area (Å²) >= 11 is 0. The third-order valence-corrected chi connectivity index (χ3v) is 6.27. The first kappa shape index (κ1) is 25.9. The molecule has 0 unspecified atom stereocenters. The van der Waals surface area contributed by atoms with Crippen LogP contribution >= 0.6 is 0 Å². The van der Waals surface area contributed by atoms with Crippen molar-refractivity contribution in [2.75, 3.05) is 26.2 Å². The number of piperazine rings is 1. The molecule has 0 saturated carbocycles. The fourth-order valence-electron chi connectivity index (χ4n) is 4.56. The van der Waals surface area contributed by atoms with Crippen molar-refractivity contribution in [2.45, 2.75) is 60.2 Å². The van der Waals surface area contributed by atoms with E-state index in [4.69, 9.17) is 9.72 Å². The maximum atomic E-state index is 12.9. The van der Waals surface area contributed by atoms with Crippen LogP contribution < -0.4 is 5.69 Å². The number of aromatic nitrogens is 3. The van der Waals surface area contributed by atoms with E-state index in [-0.39, 0.29) is 17.2 Å². The Kier molecular flexibility index (Phi) is 7.01. The summed E-state index contributed by atoms with van der Waals surface area (Å²) in [6.07, 6.45) is -0.239. The summed E-state index contributed by atoms with van der Waals surface area (Å²) in [6.45, 7) is 16.4. The summed E-state index contributed by atoms with van der Waals surface area (Å²) in [4.78, 5) is 34.2. The summed E-state index contributed by atoms with van der Waals surface area (Å²) in [6, 6.07) is 12.4. The molecule has 2 aromatic heterocycles. The molecule has 1 fully saturated rings. The molecule has 1 amide bonds. The maximum absolute atomic E-state index is 12.9. The van der Waals surface area contributed by atoms with Crippen LogP contribution in [0.25, 0.3) is 22.4 Å². The van der Waals surface area contributed by atoms with Crippen molar-refractivity contribution < 1.29 is 9.53 Å². The molecule has 1 aliphatic rings. The molecule has 4 rings (SSSR count). The van der Waals surface area contributed by atoms with Crippen molar-refractivity contribution in [3.63, 3.8) is 0 Å². The van der Waals surface area contributed by atoms with Crippen LogP contribution in [0.3, 0.4) is 0 Å². The fraction of sp³-hybridized carbons (Fsp3) is 0.536. The lowest BCUT2D eigenvalue weighted by atomic mass is 9.97. The average molecular weight is 494 g/mol. The van der Waals surface area contributed by atoms with Crippen LogP contribution in [0.15, 0.2) is 41.2 Å². The van der Waals surface area contributed by atoms with Gasteiger partial charge in [-0.25, -0.2) is 14.6 Å². The molecule has 0 N–H and O–H groups in total. The molecule has 0 aliphatic carbocycles. The van der Waals surface area contributed by atoms with Gasteiger partial charge in [-0.1, -0.05) is 39.0 Å². The normalized spacial score (nSPS) is 15.5. The van der Waals surface area contributed by atoms with E-state index in [0.717, 1.165) is 36.4 Å². The molecule has 0 bridgehead atoms. The van der Waals surface area contributed by atoms with Crippen molar-refractivity contribution in [3.05, 3.63) is 52.4 Å². The van der Waals surface area contributed by atoms with Crippen molar-refractivity contribution in [1.29, 1.82) is 0 Å². The predicted octanol–water partition coefficient (Wildman–Crippen LogP) is 4.50. The van der Waals surface area contributed by atoms with Gasteiger partial charge in [-0.15, -0.1) is 0 Å². The Labute approximate surface area is 213 Å². The number of pyridine rings is 1. The molecule has 8 heteroatoms. The summed E-state index contributed by atoms with van der Waals surface area (Å²) in [5, 5.41) is 0. The Morgan fingerprint density at radius 3 is 2.33 bits per heavy atom. The minimum Gasteiger partial charge on any atom is -0.444 e. The van der Waals surface area contributed by atoms with Gasteiger partial charge in [0.05, 0.1) is 11.2 Å². The van der Waals surface area contributed by atoms with Gasteiger partial charge in [0.1, 0.15) is 5.60 Å². The SMILES string of the molecule is Cn1c(=O)n(CC(C)(C)C)c2ccc(-c3cccc(CN4CCN(C(=O)OC(C)(C)C)CC4)c3)nc21. The quantitative estimate of drug-likeness (QED) is 0.535. The zero-order valence-corrected chi connectivity index (χ0v) is 22.7. The summed E-state index contributed by atoms with van der Waals surface area (Å²) in [5.74, 6) is 0. The van der Waals surface area contributed by atoms with Gasteiger partial charge < -0.3 is 9.64 Å². The third kappa shape index (κ3) is 5.98. The Hall–Kier alpha value is -3.13. The smallest absolute Gasteiger partial charge is 0.410 e. The van der Waals surface area contributed by atoms with Crippen LogP contribution in [0.1, 0.15) is 47.1 Å². The zero-order valence-electron chi connectivity index (χ0n) is 22.7. The molecule has 36 heavy (non-hydrogen) atoms. The minimum absolute atomic E-state index is 0.0104. The second-order valence-corrected chi connectivity index (χ2v) is 12.0. The molecular weight excluding hydrogens is 454 g/mol. The number of ether oxygens (including phenoxy) is 1. The molecule has 3 aromatic rings. The fourth-order valence-corrected chi connectivity index (χ4v) is 4.56. The number of hydrogen-bond acceptors (Lipinski definition) is 5. The van der Waals surface area contributed by atoms with Crippen LogP contribution in [-0.4, -0.2) is 61.8 Å². The monoisotopic (exact) mass is 493 g/mol. The largest absolute Gasteiger partial charge is 0.444 e. The Bertz CT molecular complexity index is 1300. The highest BCUT2D eigenvalue weighted by atomic mass is 16.6. The number of carbonyl (C=O) groups excluding carboxylic acids is 1. The number of hydrogen-bond donors (Lipinski definition) is 0. The van der Waals surface area contributed by atoms with E-state index in [1.807, 2.05) is 37.5 Å². The highest BCUT2D eigenvalue weighted by Crippen LogP contribution is 2.24.